The first-order valence-electron chi connectivity index (χ1n) is 10.3. The second-order valence-corrected chi connectivity index (χ2v) is 8.68. The van der Waals surface area contributed by atoms with Gasteiger partial charge in [-0.05, 0) is 58.5 Å². The average molecular weight is 439 g/mol. The molecule has 0 aliphatic heterocycles. The molecule has 150 valence electrons. The average Bonchev–Trinajstić information content (AvgIpc) is 3.55. The van der Waals surface area contributed by atoms with Crippen molar-refractivity contribution in [3.05, 3.63) is 153 Å². The van der Waals surface area contributed by atoms with Gasteiger partial charge in [-0.2, -0.15) is 0 Å². The number of rotatable bonds is 4. The van der Waals surface area contributed by atoms with Gasteiger partial charge in [0, 0.05) is 15.6 Å². The van der Waals surface area contributed by atoms with Crippen LogP contribution in [-0.4, -0.2) is 0 Å². The lowest BCUT2D eigenvalue weighted by Crippen LogP contribution is -2.08. The summed E-state index contributed by atoms with van der Waals surface area (Å²) in [6.45, 7) is 0. The Hall–Kier alpha value is -3.02. The summed E-state index contributed by atoms with van der Waals surface area (Å²) in [5.74, 6) is 0. The summed E-state index contributed by atoms with van der Waals surface area (Å²) in [4.78, 5) is 0. The van der Waals surface area contributed by atoms with Crippen molar-refractivity contribution in [1.82, 2.24) is 0 Å². The second-order valence-electron chi connectivity index (χ2n) is 7.81. The van der Waals surface area contributed by atoms with Gasteiger partial charge in [0.2, 0.25) is 0 Å². The van der Waals surface area contributed by atoms with Crippen LogP contribution < -0.4 is 0 Å². The van der Waals surface area contributed by atoms with Gasteiger partial charge >= 0.3 is 0 Å². The molecule has 2 heteroatoms. The van der Waals surface area contributed by atoms with E-state index in [1.54, 1.807) is 0 Å². The van der Waals surface area contributed by atoms with Gasteiger partial charge in [0.05, 0.1) is 5.41 Å². The summed E-state index contributed by atoms with van der Waals surface area (Å²) in [5.41, 5.74) is 10.8. The quantitative estimate of drug-likeness (QED) is 0.280. The lowest BCUT2D eigenvalue weighted by Gasteiger charge is -2.16. The molecule has 0 nitrogen and oxygen atoms in total. The molecule has 0 bridgehead atoms. The summed E-state index contributed by atoms with van der Waals surface area (Å²) in [6, 6.07) is 37.3. The van der Waals surface area contributed by atoms with Crippen molar-refractivity contribution in [2.75, 3.05) is 0 Å². The van der Waals surface area contributed by atoms with Gasteiger partial charge in [-0.25, -0.2) is 0 Å². The minimum Gasteiger partial charge on any atom is -0.111 e. The van der Waals surface area contributed by atoms with E-state index in [9.17, 15) is 0 Å². The smallest absolute Gasteiger partial charge is 0.0530 e. The zero-order valence-electron chi connectivity index (χ0n) is 16.9. The molecule has 0 atom stereocenters. The van der Waals surface area contributed by atoms with Gasteiger partial charge in [-0.15, -0.1) is 5.73 Å². The summed E-state index contributed by atoms with van der Waals surface area (Å²) in [6.07, 6.45) is 0.950. The van der Waals surface area contributed by atoms with Crippen LogP contribution in [0.5, 0.6) is 0 Å². The Morgan fingerprint density at radius 3 is 1.42 bits per heavy atom. The van der Waals surface area contributed by atoms with Crippen LogP contribution in [0, 0.1) is 0 Å². The van der Waals surface area contributed by atoms with Crippen LogP contribution in [0.2, 0.25) is 10.0 Å². The first-order valence-corrected chi connectivity index (χ1v) is 11.1. The van der Waals surface area contributed by atoms with Crippen LogP contribution in [0.15, 0.2) is 120 Å². The minimum absolute atomic E-state index is 0.132. The van der Waals surface area contributed by atoms with Crippen molar-refractivity contribution in [2.45, 2.75) is 11.8 Å². The van der Waals surface area contributed by atoms with E-state index in [1.165, 1.54) is 16.7 Å². The van der Waals surface area contributed by atoms with Crippen molar-refractivity contribution in [1.29, 1.82) is 0 Å². The minimum atomic E-state index is -0.132. The Balaban J connectivity index is 1.74. The van der Waals surface area contributed by atoms with E-state index in [0.717, 1.165) is 33.2 Å². The molecule has 0 aromatic heterocycles. The second kappa shape index (κ2) is 8.25. The van der Waals surface area contributed by atoms with Crippen molar-refractivity contribution in [3.63, 3.8) is 0 Å². The molecule has 1 saturated carbocycles. The van der Waals surface area contributed by atoms with Crippen molar-refractivity contribution < 1.29 is 0 Å². The van der Waals surface area contributed by atoms with Crippen LogP contribution in [-0.2, 0) is 5.41 Å². The highest BCUT2D eigenvalue weighted by atomic mass is 35.5. The van der Waals surface area contributed by atoms with E-state index < -0.39 is 0 Å². The predicted molar refractivity (Wildman–Crippen MR) is 131 cm³/mol. The monoisotopic (exact) mass is 438 g/mol. The Morgan fingerprint density at radius 2 is 1.00 bits per heavy atom. The largest absolute Gasteiger partial charge is 0.111 e. The van der Waals surface area contributed by atoms with E-state index in [2.05, 4.69) is 90.7 Å². The topological polar surface area (TPSA) is 0 Å². The Labute approximate surface area is 193 Å². The fourth-order valence-corrected chi connectivity index (χ4v) is 4.48. The van der Waals surface area contributed by atoms with Crippen LogP contribution in [0.25, 0.3) is 5.57 Å². The standard InChI is InChI=1S/C29H20Cl2/c30-26-15-11-21(12-16-26)28(22-13-17-27(31)18-14-22)19-25-20-29(25,23-7-3-1-4-8-23)24-9-5-2-6-10-24/h1-18H,20H2. The van der Waals surface area contributed by atoms with E-state index in [1.807, 2.05) is 24.3 Å². The SMILES string of the molecule is Clc1ccc(C(=C=C2CC2(c2ccccc2)c2ccccc2)c2ccc(Cl)cc2)cc1. The van der Waals surface area contributed by atoms with Gasteiger partial charge in [-0.1, -0.05) is 108 Å². The fourth-order valence-electron chi connectivity index (χ4n) is 4.23. The van der Waals surface area contributed by atoms with Gasteiger partial charge in [-0.3, -0.25) is 0 Å². The molecule has 1 fully saturated rings. The lowest BCUT2D eigenvalue weighted by atomic mass is 9.87. The molecule has 0 spiro atoms. The molecule has 0 radical (unpaired) electrons. The zero-order chi connectivity index (χ0) is 21.3. The molecule has 0 amide bonds. The highest BCUT2D eigenvalue weighted by Crippen LogP contribution is 2.58. The van der Waals surface area contributed by atoms with Crippen LogP contribution in [0.4, 0.5) is 0 Å². The lowest BCUT2D eigenvalue weighted by molar-refractivity contribution is 0.881. The summed E-state index contributed by atoms with van der Waals surface area (Å²) >= 11 is 12.3. The first-order chi connectivity index (χ1) is 15.2. The molecule has 4 aromatic carbocycles. The predicted octanol–water partition coefficient (Wildman–Crippen LogP) is 8.34. The van der Waals surface area contributed by atoms with E-state index in [0.29, 0.717) is 0 Å². The molecular weight excluding hydrogens is 419 g/mol. The van der Waals surface area contributed by atoms with Gasteiger partial charge < -0.3 is 0 Å². The van der Waals surface area contributed by atoms with Gasteiger partial charge in [0.1, 0.15) is 0 Å². The molecule has 1 aliphatic carbocycles. The number of benzene rings is 4. The third-order valence-electron chi connectivity index (χ3n) is 5.91. The number of halogens is 2. The Kier molecular flexibility index (Phi) is 5.30. The van der Waals surface area contributed by atoms with Crippen LogP contribution in [0.1, 0.15) is 28.7 Å². The molecule has 5 rings (SSSR count). The molecule has 0 N–H and O–H groups in total. The molecular formula is C29H20Cl2. The third kappa shape index (κ3) is 3.87. The maximum absolute atomic E-state index is 6.15. The van der Waals surface area contributed by atoms with Crippen molar-refractivity contribution >= 4 is 28.8 Å². The van der Waals surface area contributed by atoms with Gasteiger partial charge in [0.25, 0.3) is 0 Å². The highest BCUT2D eigenvalue weighted by Gasteiger charge is 2.51. The van der Waals surface area contributed by atoms with Gasteiger partial charge in [0.15, 0.2) is 0 Å². The van der Waals surface area contributed by atoms with E-state index in [-0.39, 0.29) is 5.41 Å². The molecule has 0 heterocycles. The number of hydrogen-bond acceptors (Lipinski definition) is 0. The molecule has 1 aliphatic rings. The van der Waals surface area contributed by atoms with Crippen LogP contribution >= 0.6 is 23.2 Å². The molecule has 0 unspecified atom stereocenters. The summed E-state index contributed by atoms with van der Waals surface area (Å²) < 4.78 is 0. The normalized spacial score (nSPS) is 14.1. The highest BCUT2D eigenvalue weighted by molar-refractivity contribution is 6.31. The van der Waals surface area contributed by atoms with E-state index in [4.69, 9.17) is 23.2 Å². The van der Waals surface area contributed by atoms with Crippen molar-refractivity contribution in [3.8, 4) is 0 Å². The zero-order valence-corrected chi connectivity index (χ0v) is 18.4. The summed E-state index contributed by atoms with van der Waals surface area (Å²) in [7, 11) is 0. The van der Waals surface area contributed by atoms with Crippen molar-refractivity contribution in [2.24, 2.45) is 0 Å². The molecule has 31 heavy (non-hydrogen) atoms. The first kappa shape index (κ1) is 19.9. The maximum Gasteiger partial charge on any atom is 0.0530 e. The Morgan fingerprint density at radius 1 is 0.581 bits per heavy atom. The molecule has 0 saturated heterocycles. The van der Waals surface area contributed by atoms with E-state index >= 15 is 0 Å². The van der Waals surface area contributed by atoms with Crippen LogP contribution in [0.3, 0.4) is 0 Å². The Bertz CT molecular complexity index is 1180. The maximum atomic E-state index is 6.15. The summed E-state index contributed by atoms with van der Waals surface area (Å²) in [5, 5.41) is 1.45. The number of hydrogen-bond donors (Lipinski definition) is 0. The molecule has 4 aromatic rings. The number of allylic oxidation sites excluding steroid dienone is 1. The fraction of sp³-hybridized carbons (Fsp3) is 0.0690. The third-order valence-corrected chi connectivity index (χ3v) is 6.41.